The normalized spacial score (nSPS) is 18.2. The van der Waals surface area contributed by atoms with Gasteiger partial charge in [0, 0.05) is 38.4 Å². The molecule has 24 heavy (non-hydrogen) atoms. The minimum Gasteiger partial charge on any atom is -0.378 e. The summed E-state index contributed by atoms with van der Waals surface area (Å²) >= 11 is 0. The molecule has 1 amide bonds. The smallest absolute Gasteiger partial charge is 0.274 e. The highest BCUT2D eigenvalue weighted by Crippen LogP contribution is 2.17. The molecule has 8 nitrogen and oxygen atoms in total. The number of morpholine rings is 1. The van der Waals surface area contributed by atoms with Crippen molar-refractivity contribution in [3.63, 3.8) is 0 Å². The fourth-order valence-electron chi connectivity index (χ4n) is 3.08. The van der Waals surface area contributed by atoms with Gasteiger partial charge in [0.25, 0.3) is 5.91 Å². The van der Waals surface area contributed by atoms with Crippen molar-refractivity contribution in [2.45, 2.75) is 12.8 Å². The van der Waals surface area contributed by atoms with Crippen molar-refractivity contribution >= 4 is 11.7 Å². The Bertz CT molecular complexity index is 719. The lowest BCUT2D eigenvalue weighted by atomic mass is 10.4. The number of rotatable bonds is 3. The van der Waals surface area contributed by atoms with Crippen LogP contribution in [0.2, 0.25) is 0 Å². The quantitative estimate of drug-likeness (QED) is 0.827. The van der Waals surface area contributed by atoms with Crippen LogP contribution in [0.4, 0.5) is 5.82 Å². The molecule has 0 spiro atoms. The van der Waals surface area contributed by atoms with E-state index in [1.54, 1.807) is 23.4 Å². The molecule has 4 rings (SSSR count). The summed E-state index contributed by atoms with van der Waals surface area (Å²) in [6.07, 6.45) is 7.06. The second-order valence-corrected chi connectivity index (χ2v) is 6.00. The van der Waals surface area contributed by atoms with Gasteiger partial charge < -0.3 is 14.5 Å². The number of nitrogens with zero attached hydrogens (tertiary/aromatic N) is 6. The SMILES string of the molecule is O=C(c1cn(-c2cc(N3CCOCC3)ncn2)cn1)N1CCCC1. The van der Waals surface area contributed by atoms with Crippen LogP contribution in [0.5, 0.6) is 0 Å². The zero-order valence-electron chi connectivity index (χ0n) is 13.5. The molecule has 0 N–H and O–H groups in total. The van der Waals surface area contributed by atoms with Gasteiger partial charge in [0.15, 0.2) is 0 Å². The monoisotopic (exact) mass is 328 g/mol. The van der Waals surface area contributed by atoms with Gasteiger partial charge in [-0.1, -0.05) is 0 Å². The average Bonchev–Trinajstić information content (AvgIpc) is 3.34. The third-order valence-corrected chi connectivity index (χ3v) is 4.43. The molecule has 2 aromatic rings. The summed E-state index contributed by atoms with van der Waals surface area (Å²) < 4.78 is 7.14. The molecule has 2 fully saturated rings. The van der Waals surface area contributed by atoms with Crippen molar-refractivity contribution in [2.24, 2.45) is 0 Å². The maximum absolute atomic E-state index is 12.4. The summed E-state index contributed by atoms with van der Waals surface area (Å²) in [5.41, 5.74) is 0.462. The summed E-state index contributed by atoms with van der Waals surface area (Å²) in [6.45, 7) is 4.69. The van der Waals surface area contributed by atoms with Gasteiger partial charge in [-0.3, -0.25) is 9.36 Å². The van der Waals surface area contributed by atoms with E-state index >= 15 is 0 Å². The second kappa shape index (κ2) is 6.56. The number of aromatic nitrogens is 4. The summed E-state index contributed by atoms with van der Waals surface area (Å²) in [5.74, 6) is 1.57. The Labute approximate surface area is 140 Å². The topological polar surface area (TPSA) is 76.4 Å². The van der Waals surface area contributed by atoms with Crippen molar-refractivity contribution in [2.75, 3.05) is 44.3 Å². The fourth-order valence-corrected chi connectivity index (χ4v) is 3.08. The van der Waals surface area contributed by atoms with Crippen LogP contribution in [0.15, 0.2) is 24.9 Å². The molecule has 2 saturated heterocycles. The highest BCUT2D eigenvalue weighted by Gasteiger charge is 2.21. The molecule has 0 aliphatic carbocycles. The molecule has 2 aliphatic heterocycles. The number of likely N-dealkylation sites (tertiary alicyclic amines) is 1. The summed E-state index contributed by atoms with van der Waals surface area (Å²) in [6, 6.07) is 1.91. The molecular weight excluding hydrogens is 308 g/mol. The molecule has 0 saturated carbocycles. The summed E-state index contributed by atoms with van der Waals surface area (Å²) in [5, 5.41) is 0. The van der Waals surface area contributed by atoms with Crippen molar-refractivity contribution < 1.29 is 9.53 Å². The first-order chi connectivity index (χ1) is 11.8. The van der Waals surface area contributed by atoms with Gasteiger partial charge in [-0.15, -0.1) is 0 Å². The Balaban J connectivity index is 1.54. The first-order valence-corrected chi connectivity index (χ1v) is 8.30. The Morgan fingerprint density at radius 1 is 1.00 bits per heavy atom. The average molecular weight is 328 g/mol. The minimum absolute atomic E-state index is 0.00583. The van der Waals surface area contributed by atoms with Crippen LogP contribution in [0.1, 0.15) is 23.3 Å². The van der Waals surface area contributed by atoms with Crippen LogP contribution in [0.25, 0.3) is 5.82 Å². The molecule has 0 radical (unpaired) electrons. The third kappa shape index (κ3) is 2.96. The Kier molecular flexibility index (Phi) is 4.12. The van der Waals surface area contributed by atoms with E-state index in [1.165, 1.54) is 0 Å². The lowest BCUT2D eigenvalue weighted by Gasteiger charge is -2.27. The van der Waals surface area contributed by atoms with Gasteiger partial charge in [-0.25, -0.2) is 15.0 Å². The second-order valence-electron chi connectivity index (χ2n) is 6.00. The molecule has 4 heterocycles. The van der Waals surface area contributed by atoms with E-state index in [0.29, 0.717) is 24.7 Å². The van der Waals surface area contributed by atoms with Crippen molar-refractivity contribution in [1.82, 2.24) is 24.4 Å². The van der Waals surface area contributed by atoms with Gasteiger partial charge in [0.1, 0.15) is 30.0 Å². The molecule has 2 aromatic heterocycles. The molecule has 8 heteroatoms. The maximum atomic E-state index is 12.4. The minimum atomic E-state index is -0.00583. The van der Waals surface area contributed by atoms with Crippen molar-refractivity contribution in [1.29, 1.82) is 0 Å². The first kappa shape index (κ1) is 15.1. The number of imidazole rings is 1. The molecule has 2 aliphatic rings. The van der Waals surface area contributed by atoms with Gasteiger partial charge >= 0.3 is 0 Å². The first-order valence-electron chi connectivity index (χ1n) is 8.30. The zero-order chi connectivity index (χ0) is 16.4. The maximum Gasteiger partial charge on any atom is 0.274 e. The van der Waals surface area contributed by atoms with E-state index in [2.05, 4.69) is 19.9 Å². The van der Waals surface area contributed by atoms with Crippen LogP contribution in [-0.2, 0) is 4.74 Å². The Morgan fingerprint density at radius 3 is 2.54 bits per heavy atom. The van der Waals surface area contributed by atoms with Gasteiger partial charge in [0.05, 0.1) is 13.2 Å². The van der Waals surface area contributed by atoms with Gasteiger partial charge in [-0.2, -0.15) is 0 Å². The van der Waals surface area contributed by atoms with Gasteiger partial charge in [0.2, 0.25) is 0 Å². The number of hydrogen-bond donors (Lipinski definition) is 0. The van der Waals surface area contributed by atoms with Crippen molar-refractivity contribution in [3.05, 3.63) is 30.6 Å². The highest BCUT2D eigenvalue weighted by atomic mass is 16.5. The number of carbonyl (C=O) groups is 1. The Morgan fingerprint density at radius 2 is 1.75 bits per heavy atom. The fraction of sp³-hybridized carbons (Fsp3) is 0.500. The van der Waals surface area contributed by atoms with E-state index in [0.717, 1.165) is 44.8 Å². The van der Waals surface area contributed by atoms with Crippen LogP contribution in [0, 0.1) is 0 Å². The molecule has 0 atom stereocenters. The van der Waals surface area contributed by atoms with E-state index in [4.69, 9.17) is 4.74 Å². The molecule has 126 valence electrons. The van der Waals surface area contributed by atoms with Gasteiger partial charge in [-0.05, 0) is 12.8 Å². The largest absolute Gasteiger partial charge is 0.378 e. The van der Waals surface area contributed by atoms with E-state index in [1.807, 2.05) is 11.0 Å². The van der Waals surface area contributed by atoms with Crippen molar-refractivity contribution in [3.8, 4) is 5.82 Å². The number of amides is 1. The summed E-state index contributed by atoms with van der Waals surface area (Å²) in [4.78, 5) is 29.3. The molecule has 0 unspecified atom stereocenters. The lowest BCUT2D eigenvalue weighted by Crippen LogP contribution is -2.36. The molecule has 0 bridgehead atoms. The molecule has 0 aromatic carbocycles. The molecular formula is C16H20N6O2. The van der Waals surface area contributed by atoms with Crippen LogP contribution < -0.4 is 4.90 Å². The van der Waals surface area contributed by atoms with E-state index in [-0.39, 0.29) is 5.91 Å². The number of ether oxygens (including phenoxy) is 1. The van der Waals surface area contributed by atoms with Crippen LogP contribution >= 0.6 is 0 Å². The highest BCUT2D eigenvalue weighted by molar-refractivity contribution is 5.92. The number of hydrogen-bond acceptors (Lipinski definition) is 6. The zero-order valence-corrected chi connectivity index (χ0v) is 13.5. The van der Waals surface area contributed by atoms with E-state index in [9.17, 15) is 4.79 Å². The Hall–Kier alpha value is -2.48. The van der Waals surface area contributed by atoms with E-state index < -0.39 is 0 Å². The van der Waals surface area contributed by atoms with Crippen LogP contribution in [0.3, 0.4) is 0 Å². The summed E-state index contributed by atoms with van der Waals surface area (Å²) in [7, 11) is 0. The standard InChI is InChI=1S/C16H20N6O2/c23-16(21-3-1-2-4-21)13-10-22(12-19-13)15-9-14(17-11-18-15)20-5-7-24-8-6-20/h9-12H,1-8H2. The van der Waals surface area contributed by atoms with Crippen LogP contribution in [-0.4, -0.2) is 69.7 Å². The third-order valence-electron chi connectivity index (χ3n) is 4.43. The predicted molar refractivity (Wildman–Crippen MR) is 87.3 cm³/mol. The lowest BCUT2D eigenvalue weighted by molar-refractivity contribution is 0.0787. The number of carbonyl (C=O) groups excluding carboxylic acids is 1. The predicted octanol–water partition coefficient (Wildman–Crippen LogP) is 0.735. The number of anilines is 1.